The van der Waals surface area contributed by atoms with E-state index in [1.54, 1.807) is 0 Å². The third-order valence-electron chi connectivity index (χ3n) is 10.7. The molecule has 1 aliphatic carbocycles. The van der Waals surface area contributed by atoms with Crippen molar-refractivity contribution in [2.24, 2.45) is 0 Å². The SMILES string of the molecule is c1ccc(-c2nc(-c3ccccc3)nc(-c3cccc(C4(c5cccc(-c6ccc(-c7ccccn7)cc6)c5)c5ccccc5-c5ccccc54)c3)n2)cc1. The molecule has 1 aliphatic rings. The standard InChI is InChI=1S/C51H34N4/c1-3-15-37(16-4-1)48-53-49(38-17-5-2-6-18-38)55-50(54-48)40-20-14-22-42(34-40)51(45-25-9-7-23-43(45)44-24-8-10-26-46(44)51)41-21-13-19-39(33-41)35-28-30-36(31-29-35)47-27-11-12-32-52-47/h1-34H. The second-order valence-corrected chi connectivity index (χ2v) is 13.8. The maximum absolute atomic E-state index is 5.11. The molecule has 9 aromatic rings. The van der Waals surface area contributed by atoms with Crippen molar-refractivity contribution in [2.45, 2.75) is 5.41 Å². The molecule has 0 bridgehead atoms. The topological polar surface area (TPSA) is 51.6 Å². The predicted molar refractivity (Wildman–Crippen MR) is 222 cm³/mol. The molecule has 0 saturated heterocycles. The van der Waals surface area contributed by atoms with Gasteiger partial charge in [0.25, 0.3) is 0 Å². The highest BCUT2D eigenvalue weighted by Gasteiger charge is 2.46. The van der Waals surface area contributed by atoms with Gasteiger partial charge >= 0.3 is 0 Å². The third kappa shape index (κ3) is 5.63. The molecule has 2 heterocycles. The lowest BCUT2D eigenvalue weighted by Gasteiger charge is -2.34. The van der Waals surface area contributed by atoms with Crippen LogP contribution in [0.3, 0.4) is 0 Å². The van der Waals surface area contributed by atoms with Crippen LogP contribution in [0.2, 0.25) is 0 Å². The molecule has 2 aromatic heterocycles. The van der Waals surface area contributed by atoms with Crippen molar-refractivity contribution in [1.82, 2.24) is 19.9 Å². The summed E-state index contributed by atoms with van der Waals surface area (Å²) in [5.41, 5.74) is 13.9. The Hall–Kier alpha value is -7.30. The van der Waals surface area contributed by atoms with Crippen LogP contribution in [0.15, 0.2) is 206 Å². The fourth-order valence-electron chi connectivity index (χ4n) is 8.15. The summed E-state index contributed by atoms with van der Waals surface area (Å²) in [5.74, 6) is 1.91. The van der Waals surface area contributed by atoms with Gasteiger partial charge in [-0.25, -0.2) is 15.0 Å². The number of aromatic nitrogens is 4. The second kappa shape index (κ2) is 13.6. The molecule has 7 aromatic carbocycles. The lowest BCUT2D eigenvalue weighted by atomic mass is 9.67. The fraction of sp³-hybridized carbons (Fsp3) is 0.0196. The van der Waals surface area contributed by atoms with Crippen molar-refractivity contribution >= 4 is 0 Å². The van der Waals surface area contributed by atoms with Gasteiger partial charge in [-0.3, -0.25) is 4.98 Å². The molecule has 4 nitrogen and oxygen atoms in total. The Morgan fingerprint density at radius 1 is 0.309 bits per heavy atom. The summed E-state index contributed by atoms with van der Waals surface area (Å²) < 4.78 is 0. The number of pyridine rings is 1. The smallest absolute Gasteiger partial charge is 0.164 e. The summed E-state index contributed by atoms with van der Waals surface area (Å²) in [4.78, 5) is 19.7. The summed E-state index contributed by atoms with van der Waals surface area (Å²) in [6, 6.07) is 70.5. The lowest BCUT2D eigenvalue weighted by molar-refractivity contribution is 0.769. The van der Waals surface area contributed by atoms with E-state index in [4.69, 9.17) is 15.0 Å². The first-order valence-corrected chi connectivity index (χ1v) is 18.6. The molecule has 0 amide bonds. The minimum Gasteiger partial charge on any atom is -0.256 e. The molecule has 0 unspecified atom stereocenters. The van der Waals surface area contributed by atoms with E-state index in [0.29, 0.717) is 17.5 Å². The van der Waals surface area contributed by atoms with Crippen LogP contribution in [0.25, 0.3) is 67.7 Å². The van der Waals surface area contributed by atoms with Gasteiger partial charge in [0.05, 0.1) is 11.1 Å². The Labute approximate surface area is 320 Å². The maximum Gasteiger partial charge on any atom is 0.164 e. The minimum absolute atomic E-state index is 0.606. The van der Waals surface area contributed by atoms with E-state index in [1.807, 2.05) is 85.1 Å². The monoisotopic (exact) mass is 702 g/mol. The zero-order valence-electron chi connectivity index (χ0n) is 29.9. The van der Waals surface area contributed by atoms with E-state index in [0.717, 1.165) is 44.6 Å². The molecule has 0 fully saturated rings. The van der Waals surface area contributed by atoms with Crippen LogP contribution in [-0.2, 0) is 5.41 Å². The molecule has 0 spiro atoms. The van der Waals surface area contributed by atoms with Gasteiger partial charge in [0.1, 0.15) is 0 Å². The zero-order valence-corrected chi connectivity index (χ0v) is 29.9. The Kier molecular flexibility index (Phi) is 8.00. The third-order valence-corrected chi connectivity index (χ3v) is 10.7. The highest BCUT2D eigenvalue weighted by atomic mass is 15.0. The largest absolute Gasteiger partial charge is 0.256 e. The molecular formula is C51H34N4. The van der Waals surface area contributed by atoms with Crippen molar-refractivity contribution in [3.8, 4) is 67.7 Å². The molecule has 258 valence electrons. The average Bonchev–Trinajstić information content (AvgIpc) is 3.58. The van der Waals surface area contributed by atoms with Gasteiger partial charge in [-0.1, -0.05) is 176 Å². The van der Waals surface area contributed by atoms with Crippen molar-refractivity contribution in [3.05, 3.63) is 229 Å². The fourth-order valence-corrected chi connectivity index (χ4v) is 8.15. The number of rotatable bonds is 7. The number of fused-ring (bicyclic) bond motifs is 3. The van der Waals surface area contributed by atoms with Crippen LogP contribution in [0.4, 0.5) is 0 Å². The lowest BCUT2D eigenvalue weighted by Crippen LogP contribution is -2.28. The van der Waals surface area contributed by atoms with Gasteiger partial charge in [-0.05, 0) is 68.8 Å². The van der Waals surface area contributed by atoms with E-state index in [1.165, 1.54) is 27.8 Å². The molecule has 55 heavy (non-hydrogen) atoms. The first-order chi connectivity index (χ1) is 27.3. The van der Waals surface area contributed by atoms with Gasteiger partial charge in [0.2, 0.25) is 0 Å². The summed E-state index contributed by atoms with van der Waals surface area (Å²) in [5, 5.41) is 0. The van der Waals surface area contributed by atoms with Crippen LogP contribution < -0.4 is 0 Å². The summed E-state index contributed by atoms with van der Waals surface area (Å²) in [6.45, 7) is 0. The van der Waals surface area contributed by atoms with Crippen molar-refractivity contribution in [1.29, 1.82) is 0 Å². The highest BCUT2D eigenvalue weighted by molar-refractivity contribution is 5.87. The molecule has 10 rings (SSSR count). The Bertz CT molecular complexity index is 2690. The molecule has 0 radical (unpaired) electrons. The molecule has 0 aliphatic heterocycles. The predicted octanol–water partition coefficient (Wildman–Crippen LogP) is 12.0. The van der Waals surface area contributed by atoms with E-state index >= 15 is 0 Å². The number of hydrogen-bond donors (Lipinski definition) is 0. The van der Waals surface area contributed by atoms with Gasteiger partial charge in [-0.15, -0.1) is 0 Å². The molecule has 0 atom stereocenters. The van der Waals surface area contributed by atoms with Crippen molar-refractivity contribution in [2.75, 3.05) is 0 Å². The summed E-state index contributed by atoms with van der Waals surface area (Å²) >= 11 is 0. The quantitative estimate of drug-likeness (QED) is 0.166. The molecule has 0 saturated carbocycles. The van der Waals surface area contributed by atoms with Gasteiger partial charge in [-0.2, -0.15) is 0 Å². The highest BCUT2D eigenvalue weighted by Crippen LogP contribution is 2.56. The van der Waals surface area contributed by atoms with Gasteiger partial charge < -0.3 is 0 Å². The Balaban J connectivity index is 1.17. The number of benzene rings is 7. The van der Waals surface area contributed by atoms with Crippen LogP contribution in [0, 0.1) is 0 Å². The van der Waals surface area contributed by atoms with Gasteiger partial charge in [0, 0.05) is 28.5 Å². The second-order valence-electron chi connectivity index (χ2n) is 13.8. The number of nitrogens with zero attached hydrogens (tertiary/aromatic N) is 4. The van der Waals surface area contributed by atoms with Crippen molar-refractivity contribution < 1.29 is 0 Å². The van der Waals surface area contributed by atoms with Crippen LogP contribution >= 0.6 is 0 Å². The minimum atomic E-state index is -0.606. The van der Waals surface area contributed by atoms with E-state index in [9.17, 15) is 0 Å². The Morgan fingerprint density at radius 2 is 0.764 bits per heavy atom. The van der Waals surface area contributed by atoms with Gasteiger partial charge in [0.15, 0.2) is 17.5 Å². The number of hydrogen-bond acceptors (Lipinski definition) is 4. The molecule has 4 heteroatoms. The first kappa shape index (κ1) is 32.4. The maximum atomic E-state index is 5.11. The first-order valence-electron chi connectivity index (χ1n) is 18.6. The van der Waals surface area contributed by atoms with Crippen LogP contribution in [-0.4, -0.2) is 19.9 Å². The summed E-state index contributed by atoms with van der Waals surface area (Å²) in [7, 11) is 0. The molecule has 0 N–H and O–H groups in total. The summed E-state index contributed by atoms with van der Waals surface area (Å²) in [6.07, 6.45) is 1.84. The normalized spacial score (nSPS) is 12.5. The molecular weight excluding hydrogens is 669 g/mol. The van der Waals surface area contributed by atoms with Crippen LogP contribution in [0.1, 0.15) is 22.3 Å². The zero-order chi connectivity index (χ0) is 36.6. The van der Waals surface area contributed by atoms with Crippen molar-refractivity contribution in [3.63, 3.8) is 0 Å². The Morgan fingerprint density at radius 3 is 1.33 bits per heavy atom. The van der Waals surface area contributed by atoms with E-state index < -0.39 is 5.41 Å². The van der Waals surface area contributed by atoms with E-state index in [2.05, 4.69) is 126 Å². The van der Waals surface area contributed by atoms with Crippen LogP contribution in [0.5, 0.6) is 0 Å². The van der Waals surface area contributed by atoms with E-state index in [-0.39, 0.29) is 0 Å². The average molecular weight is 703 g/mol.